The van der Waals surface area contributed by atoms with E-state index in [9.17, 15) is 4.79 Å². The SMILES string of the molecule is Cc1ccc(NC(=O)c2snnc2C(C)(C)C)cc1Br. The standard InChI is InChI=1S/C14H16BrN3OS/c1-8-5-6-9(7-10(8)15)16-13(19)11-12(14(2,3)4)17-18-20-11/h5-7H,1-4H3,(H,16,19). The number of benzene rings is 1. The minimum absolute atomic E-state index is 0.166. The van der Waals surface area contributed by atoms with Crippen molar-refractivity contribution in [1.29, 1.82) is 0 Å². The molecule has 0 aliphatic rings. The molecule has 1 N–H and O–H groups in total. The number of aryl methyl sites for hydroxylation is 1. The van der Waals surface area contributed by atoms with Crippen molar-refractivity contribution >= 4 is 39.1 Å². The number of nitrogens with one attached hydrogen (secondary N) is 1. The molecule has 1 amide bonds. The lowest BCUT2D eigenvalue weighted by atomic mass is 9.91. The first-order chi connectivity index (χ1) is 9.29. The van der Waals surface area contributed by atoms with Crippen molar-refractivity contribution in [3.63, 3.8) is 0 Å². The molecule has 0 saturated carbocycles. The second-order valence-electron chi connectivity index (χ2n) is 5.62. The predicted molar refractivity (Wildman–Crippen MR) is 85.4 cm³/mol. The molecule has 1 aromatic heterocycles. The van der Waals surface area contributed by atoms with Gasteiger partial charge in [0.05, 0.1) is 5.69 Å². The van der Waals surface area contributed by atoms with Gasteiger partial charge in [-0.05, 0) is 36.2 Å². The van der Waals surface area contributed by atoms with E-state index < -0.39 is 0 Å². The van der Waals surface area contributed by atoms with Crippen LogP contribution in [0.4, 0.5) is 5.69 Å². The lowest BCUT2D eigenvalue weighted by Crippen LogP contribution is -2.19. The van der Waals surface area contributed by atoms with Crippen molar-refractivity contribution in [3.05, 3.63) is 38.8 Å². The molecular formula is C14H16BrN3OS. The highest BCUT2D eigenvalue weighted by Gasteiger charge is 2.26. The number of nitrogens with zero attached hydrogens (tertiary/aromatic N) is 2. The van der Waals surface area contributed by atoms with E-state index in [0.717, 1.165) is 32.9 Å². The van der Waals surface area contributed by atoms with Crippen molar-refractivity contribution in [2.45, 2.75) is 33.1 Å². The molecule has 0 aliphatic heterocycles. The molecule has 20 heavy (non-hydrogen) atoms. The second-order valence-corrected chi connectivity index (χ2v) is 7.23. The van der Waals surface area contributed by atoms with Crippen LogP contribution < -0.4 is 5.32 Å². The van der Waals surface area contributed by atoms with E-state index in [2.05, 4.69) is 30.8 Å². The van der Waals surface area contributed by atoms with E-state index >= 15 is 0 Å². The molecule has 0 atom stereocenters. The lowest BCUT2D eigenvalue weighted by molar-refractivity contribution is 0.102. The Bertz CT molecular complexity index is 646. The van der Waals surface area contributed by atoms with Gasteiger partial charge in [-0.25, -0.2) is 0 Å². The Hall–Kier alpha value is -1.27. The largest absolute Gasteiger partial charge is 0.321 e. The number of rotatable bonds is 2. The van der Waals surface area contributed by atoms with Crippen molar-refractivity contribution in [2.24, 2.45) is 0 Å². The van der Waals surface area contributed by atoms with Crippen LogP contribution in [0.25, 0.3) is 0 Å². The van der Waals surface area contributed by atoms with Gasteiger partial charge < -0.3 is 5.32 Å². The fourth-order valence-corrected chi connectivity index (χ4v) is 2.84. The fraction of sp³-hybridized carbons (Fsp3) is 0.357. The summed E-state index contributed by atoms with van der Waals surface area (Å²) in [5.74, 6) is -0.166. The maximum absolute atomic E-state index is 12.3. The molecule has 0 spiro atoms. The van der Waals surface area contributed by atoms with Crippen LogP contribution >= 0.6 is 27.5 Å². The summed E-state index contributed by atoms with van der Waals surface area (Å²) in [6.45, 7) is 8.05. The number of halogens is 1. The van der Waals surface area contributed by atoms with E-state index in [1.54, 1.807) is 0 Å². The van der Waals surface area contributed by atoms with E-state index in [-0.39, 0.29) is 11.3 Å². The number of amides is 1. The van der Waals surface area contributed by atoms with E-state index in [0.29, 0.717) is 4.88 Å². The summed E-state index contributed by atoms with van der Waals surface area (Å²) < 4.78 is 4.87. The third-order valence-electron chi connectivity index (χ3n) is 2.83. The number of aromatic nitrogens is 2. The van der Waals surface area contributed by atoms with Gasteiger partial charge in [-0.2, -0.15) is 0 Å². The average molecular weight is 354 g/mol. The van der Waals surface area contributed by atoms with Gasteiger partial charge >= 0.3 is 0 Å². The van der Waals surface area contributed by atoms with Gasteiger partial charge in [-0.15, -0.1) is 5.10 Å². The number of carbonyl (C=O) groups is 1. The zero-order chi connectivity index (χ0) is 14.9. The Morgan fingerprint density at radius 3 is 2.65 bits per heavy atom. The van der Waals surface area contributed by atoms with Crippen LogP contribution in [0.3, 0.4) is 0 Å². The number of carbonyl (C=O) groups excluding carboxylic acids is 1. The molecule has 0 fully saturated rings. The minimum Gasteiger partial charge on any atom is -0.321 e. The molecule has 1 aromatic carbocycles. The zero-order valence-electron chi connectivity index (χ0n) is 11.8. The molecule has 0 unspecified atom stereocenters. The van der Waals surface area contributed by atoms with Crippen LogP contribution in [0.15, 0.2) is 22.7 Å². The second kappa shape index (κ2) is 5.61. The number of hydrogen-bond acceptors (Lipinski definition) is 4. The van der Waals surface area contributed by atoms with Crippen LogP contribution in [-0.4, -0.2) is 15.5 Å². The predicted octanol–water partition coefficient (Wildman–Crippen LogP) is 4.16. The van der Waals surface area contributed by atoms with Crippen LogP contribution in [-0.2, 0) is 5.41 Å². The van der Waals surface area contributed by atoms with E-state index in [1.807, 2.05) is 45.9 Å². The maximum Gasteiger partial charge on any atom is 0.269 e. The molecule has 4 nitrogen and oxygen atoms in total. The summed E-state index contributed by atoms with van der Waals surface area (Å²) in [6.07, 6.45) is 0. The summed E-state index contributed by atoms with van der Waals surface area (Å²) in [7, 11) is 0. The maximum atomic E-state index is 12.3. The molecule has 0 saturated heterocycles. The van der Waals surface area contributed by atoms with Crippen molar-refractivity contribution in [3.8, 4) is 0 Å². The quantitative estimate of drug-likeness (QED) is 0.881. The molecule has 0 radical (unpaired) electrons. The first-order valence-electron chi connectivity index (χ1n) is 6.19. The van der Waals surface area contributed by atoms with Gasteiger partial charge in [0.2, 0.25) is 0 Å². The molecule has 6 heteroatoms. The smallest absolute Gasteiger partial charge is 0.269 e. The molecular weight excluding hydrogens is 338 g/mol. The first kappa shape index (κ1) is 15.1. The van der Waals surface area contributed by atoms with Crippen molar-refractivity contribution in [1.82, 2.24) is 9.59 Å². The highest BCUT2D eigenvalue weighted by atomic mass is 79.9. The zero-order valence-corrected chi connectivity index (χ0v) is 14.2. The van der Waals surface area contributed by atoms with Crippen molar-refractivity contribution < 1.29 is 4.79 Å². The summed E-state index contributed by atoms with van der Waals surface area (Å²) in [6, 6.07) is 5.72. The van der Waals surface area contributed by atoms with Crippen LogP contribution in [0.1, 0.15) is 41.7 Å². The summed E-state index contributed by atoms with van der Waals surface area (Å²) in [5, 5.41) is 6.97. The van der Waals surface area contributed by atoms with Gasteiger partial charge in [-0.3, -0.25) is 4.79 Å². The normalized spacial score (nSPS) is 11.4. The van der Waals surface area contributed by atoms with Gasteiger partial charge in [-0.1, -0.05) is 47.3 Å². The molecule has 106 valence electrons. The Kier molecular flexibility index (Phi) is 4.25. The first-order valence-corrected chi connectivity index (χ1v) is 7.76. The molecule has 2 aromatic rings. The van der Waals surface area contributed by atoms with Gasteiger partial charge in [0, 0.05) is 15.6 Å². The molecule has 0 bridgehead atoms. The minimum atomic E-state index is -0.201. The number of anilines is 1. The monoisotopic (exact) mass is 353 g/mol. The highest BCUT2D eigenvalue weighted by molar-refractivity contribution is 9.10. The average Bonchev–Trinajstić information content (AvgIpc) is 2.83. The van der Waals surface area contributed by atoms with Crippen molar-refractivity contribution in [2.75, 3.05) is 5.32 Å². The fourth-order valence-electron chi connectivity index (χ4n) is 1.69. The van der Waals surface area contributed by atoms with Crippen LogP contribution in [0.2, 0.25) is 0 Å². The third kappa shape index (κ3) is 3.24. The van der Waals surface area contributed by atoms with E-state index in [1.165, 1.54) is 0 Å². The highest BCUT2D eigenvalue weighted by Crippen LogP contribution is 2.27. The van der Waals surface area contributed by atoms with Gasteiger partial charge in [0.25, 0.3) is 5.91 Å². The molecule has 1 heterocycles. The van der Waals surface area contributed by atoms with E-state index in [4.69, 9.17) is 0 Å². The third-order valence-corrected chi connectivity index (χ3v) is 4.41. The van der Waals surface area contributed by atoms with Gasteiger partial charge in [0.15, 0.2) is 0 Å². The Labute approximate surface area is 130 Å². The van der Waals surface area contributed by atoms with Crippen LogP contribution in [0, 0.1) is 6.92 Å². The number of hydrogen-bond donors (Lipinski definition) is 1. The summed E-state index contributed by atoms with van der Waals surface area (Å²) in [5.41, 5.74) is 2.40. The lowest BCUT2D eigenvalue weighted by Gasteiger charge is -2.16. The molecule has 0 aliphatic carbocycles. The summed E-state index contributed by atoms with van der Waals surface area (Å²) in [4.78, 5) is 12.9. The van der Waals surface area contributed by atoms with Gasteiger partial charge in [0.1, 0.15) is 4.88 Å². The Morgan fingerprint density at radius 1 is 1.35 bits per heavy atom. The summed E-state index contributed by atoms with van der Waals surface area (Å²) >= 11 is 4.58. The Morgan fingerprint density at radius 2 is 2.05 bits per heavy atom. The van der Waals surface area contributed by atoms with Crippen LogP contribution in [0.5, 0.6) is 0 Å². The molecule has 2 rings (SSSR count). The Balaban J connectivity index is 2.25. The topological polar surface area (TPSA) is 54.9 Å².